The van der Waals surface area contributed by atoms with Crippen LogP contribution in [0, 0.1) is 0 Å². The molecule has 102 valence electrons. The average Bonchev–Trinajstić information content (AvgIpc) is 2.78. The van der Waals surface area contributed by atoms with Crippen molar-refractivity contribution >= 4 is 23.3 Å². The van der Waals surface area contributed by atoms with Crippen LogP contribution in [-0.2, 0) is 11.3 Å². The molecule has 1 N–H and O–H groups in total. The first-order chi connectivity index (χ1) is 9.65. The number of anilines is 1. The van der Waals surface area contributed by atoms with Crippen LogP contribution in [0.1, 0.15) is 17.0 Å². The van der Waals surface area contributed by atoms with E-state index >= 15 is 0 Å². The van der Waals surface area contributed by atoms with E-state index < -0.39 is 11.9 Å². The number of carboxylic acids is 1. The number of aliphatic carboxylic acids is 1. The van der Waals surface area contributed by atoms with Gasteiger partial charge in [-0.3, -0.25) is 4.79 Å². The number of benzene rings is 2. The van der Waals surface area contributed by atoms with E-state index in [0.717, 1.165) is 16.8 Å². The summed E-state index contributed by atoms with van der Waals surface area (Å²) in [5, 5.41) is 10.0. The van der Waals surface area contributed by atoms with Crippen molar-refractivity contribution in [3.8, 4) is 0 Å². The van der Waals surface area contributed by atoms with Crippen LogP contribution in [0.15, 0.2) is 48.5 Å². The van der Waals surface area contributed by atoms with Gasteiger partial charge in [0.05, 0.1) is 0 Å². The van der Waals surface area contributed by atoms with E-state index in [4.69, 9.17) is 11.6 Å². The van der Waals surface area contributed by atoms with E-state index in [2.05, 4.69) is 4.90 Å². The lowest BCUT2D eigenvalue weighted by atomic mass is 10.0. The van der Waals surface area contributed by atoms with Gasteiger partial charge in [-0.05, 0) is 29.3 Å². The SMILES string of the molecule is O=C(O)C1CN(Cc2cccc(Cl)c2)c2ccccc21. The van der Waals surface area contributed by atoms with Gasteiger partial charge in [0.25, 0.3) is 0 Å². The molecule has 4 heteroatoms. The minimum Gasteiger partial charge on any atom is -0.481 e. The molecule has 0 saturated heterocycles. The van der Waals surface area contributed by atoms with Gasteiger partial charge in [-0.2, -0.15) is 0 Å². The number of para-hydroxylation sites is 1. The van der Waals surface area contributed by atoms with Crippen molar-refractivity contribution in [2.45, 2.75) is 12.5 Å². The quantitative estimate of drug-likeness (QED) is 0.939. The molecule has 2 aromatic rings. The molecule has 0 radical (unpaired) electrons. The van der Waals surface area contributed by atoms with E-state index in [0.29, 0.717) is 18.1 Å². The van der Waals surface area contributed by atoms with Gasteiger partial charge in [-0.25, -0.2) is 0 Å². The zero-order chi connectivity index (χ0) is 14.1. The lowest BCUT2D eigenvalue weighted by Gasteiger charge is -2.19. The minimum atomic E-state index is -0.772. The first-order valence-corrected chi connectivity index (χ1v) is 6.84. The summed E-state index contributed by atoms with van der Waals surface area (Å²) >= 11 is 6.00. The van der Waals surface area contributed by atoms with Gasteiger partial charge in [0.2, 0.25) is 0 Å². The monoisotopic (exact) mass is 287 g/mol. The zero-order valence-electron chi connectivity index (χ0n) is 10.8. The number of hydrogen-bond acceptors (Lipinski definition) is 2. The Balaban J connectivity index is 1.90. The maximum Gasteiger partial charge on any atom is 0.312 e. The van der Waals surface area contributed by atoms with E-state index in [-0.39, 0.29) is 0 Å². The molecule has 0 amide bonds. The predicted octanol–water partition coefficient (Wildman–Crippen LogP) is 3.53. The summed E-state index contributed by atoms with van der Waals surface area (Å²) < 4.78 is 0. The second kappa shape index (κ2) is 5.17. The summed E-state index contributed by atoms with van der Waals surface area (Å²) in [7, 11) is 0. The Bertz CT molecular complexity index is 656. The van der Waals surface area contributed by atoms with Gasteiger partial charge in [-0.1, -0.05) is 41.9 Å². The van der Waals surface area contributed by atoms with Crippen LogP contribution in [0.4, 0.5) is 5.69 Å². The molecule has 1 aliphatic heterocycles. The second-order valence-corrected chi connectivity index (χ2v) is 5.40. The summed E-state index contributed by atoms with van der Waals surface area (Å²) in [6, 6.07) is 15.4. The van der Waals surface area contributed by atoms with E-state index in [1.807, 2.05) is 48.5 Å². The van der Waals surface area contributed by atoms with Crippen molar-refractivity contribution in [3.05, 3.63) is 64.7 Å². The molecule has 2 aromatic carbocycles. The van der Waals surface area contributed by atoms with Crippen molar-refractivity contribution < 1.29 is 9.90 Å². The van der Waals surface area contributed by atoms with Crippen LogP contribution in [-0.4, -0.2) is 17.6 Å². The highest BCUT2D eigenvalue weighted by Crippen LogP contribution is 2.37. The third kappa shape index (κ3) is 2.37. The van der Waals surface area contributed by atoms with Crippen molar-refractivity contribution in [2.75, 3.05) is 11.4 Å². The normalized spacial score (nSPS) is 17.1. The Morgan fingerprint density at radius 1 is 1.25 bits per heavy atom. The summed E-state index contributed by atoms with van der Waals surface area (Å²) in [6.45, 7) is 1.17. The largest absolute Gasteiger partial charge is 0.481 e. The number of halogens is 1. The van der Waals surface area contributed by atoms with E-state index in [1.54, 1.807) is 0 Å². The van der Waals surface area contributed by atoms with Gasteiger partial charge < -0.3 is 10.0 Å². The maximum atomic E-state index is 11.4. The standard InChI is InChI=1S/C16H14ClNO2/c17-12-5-3-4-11(8-12)9-18-10-14(16(19)20)13-6-1-2-7-15(13)18/h1-8,14H,9-10H2,(H,19,20). The highest BCUT2D eigenvalue weighted by Gasteiger charge is 2.33. The lowest BCUT2D eigenvalue weighted by molar-refractivity contribution is -0.138. The molecule has 0 bridgehead atoms. The molecule has 0 aromatic heterocycles. The van der Waals surface area contributed by atoms with Gasteiger partial charge in [0.15, 0.2) is 0 Å². The Kier molecular flexibility index (Phi) is 3.36. The third-order valence-corrected chi connectivity index (χ3v) is 3.85. The Morgan fingerprint density at radius 3 is 2.80 bits per heavy atom. The van der Waals surface area contributed by atoms with Gasteiger partial charge in [0, 0.05) is 23.8 Å². The minimum absolute atomic E-state index is 0.453. The summed E-state index contributed by atoms with van der Waals surface area (Å²) in [6.07, 6.45) is 0. The Hall–Kier alpha value is -2.00. The number of nitrogens with zero attached hydrogens (tertiary/aromatic N) is 1. The summed E-state index contributed by atoms with van der Waals surface area (Å²) in [5.74, 6) is -1.23. The van der Waals surface area contributed by atoms with Crippen molar-refractivity contribution in [3.63, 3.8) is 0 Å². The number of carbonyl (C=O) groups is 1. The van der Waals surface area contributed by atoms with E-state index in [1.165, 1.54) is 0 Å². The van der Waals surface area contributed by atoms with Gasteiger partial charge >= 0.3 is 5.97 Å². The molecular weight excluding hydrogens is 274 g/mol. The highest BCUT2D eigenvalue weighted by atomic mass is 35.5. The second-order valence-electron chi connectivity index (χ2n) is 4.96. The summed E-state index contributed by atoms with van der Waals surface area (Å²) in [4.78, 5) is 13.5. The molecule has 20 heavy (non-hydrogen) atoms. The van der Waals surface area contributed by atoms with Crippen molar-refractivity contribution in [1.29, 1.82) is 0 Å². The fourth-order valence-corrected chi connectivity index (χ4v) is 2.92. The maximum absolute atomic E-state index is 11.4. The van der Waals surface area contributed by atoms with Crippen LogP contribution in [0.25, 0.3) is 0 Å². The number of carboxylic acid groups (broad SMARTS) is 1. The third-order valence-electron chi connectivity index (χ3n) is 3.62. The first kappa shape index (κ1) is 13.0. The van der Waals surface area contributed by atoms with Gasteiger partial charge in [-0.15, -0.1) is 0 Å². The number of rotatable bonds is 3. The molecule has 0 spiro atoms. The molecule has 1 aliphatic rings. The van der Waals surface area contributed by atoms with Gasteiger partial charge in [0.1, 0.15) is 5.92 Å². The topological polar surface area (TPSA) is 40.5 Å². The molecule has 3 nitrogen and oxygen atoms in total. The first-order valence-electron chi connectivity index (χ1n) is 6.46. The zero-order valence-corrected chi connectivity index (χ0v) is 11.5. The summed E-state index contributed by atoms with van der Waals surface area (Å²) in [5.41, 5.74) is 2.97. The number of hydrogen-bond donors (Lipinski definition) is 1. The van der Waals surface area contributed by atoms with Crippen LogP contribution in [0.3, 0.4) is 0 Å². The van der Waals surface area contributed by atoms with Crippen molar-refractivity contribution in [1.82, 2.24) is 0 Å². The van der Waals surface area contributed by atoms with Crippen LogP contribution in [0.5, 0.6) is 0 Å². The lowest BCUT2D eigenvalue weighted by Crippen LogP contribution is -2.24. The molecule has 0 saturated carbocycles. The molecule has 3 rings (SSSR count). The predicted molar refractivity (Wildman–Crippen MR) is 79.3 cm³/mol. The molecule has 1 atom stereocenters. The van der Waals surface area contributed by atoms with Crippen LogP contribution < -0.4 is 4.90 Å². The fourth-order valence-electron chi connectivity index (χ4n) is 2.70. The van der Waals surface area contributed by atoms with Crippen LogP contribution in [0.2, 0.25) is 5.02 Å². The molecule has 0 fully saturated rings. The number of fused-ring (bicyclic) bond motifs is 1. The Labute approximate surface area is 122 Å². The molecule has 1 unspecified atom stereocenters. The highest BCUT2D eigenvalue weighted by molar-refractivity contribution is 6.30. The Morgan fingerprint density at radius 2 is 2.05 bits per heavy atom. The fraction of sp³-hybridized carbons (Fsp3) is 0.188. The average molecular weight is 288 g/mol. The molecule has 0 aliphatic carbocycles. The van der Waals surface area contributed by atoms with Crippen LogP contribution >= 0.6 is 11.6 Å². The smallest absolute Gasteiger partial charge is 0.312 e. The molecular formula is C16H14ClNO2. The molecule has 1 heterocycles. The van der Waals surface area contributed by atoms with E-state index in [9.17, 15) is 9.90 Å². The van der Waals surface area contributed by atoms with Crippen molar-refractivity contribution in [2.24, 2.45) is 0 Å².